The van der Waals surface area contributed by atoms with E-state index >= 15 is 0 Å². The fourth-order valence-corrected chi connectivity index (χ4v) is 4.18. The quantitative estimate of drug-likeness (QED) is 0.586. The van der Waals surface area contributed by atoms with Gasteiger partial charge in [-0.1, -0.05) is 19.1 Å². The van der Waals surface area contributed by atoms with Gasteiger partial charge in [-0.3, -0.25) is 9.78 Å². The van der Waals surface area contributed by atoms with Gasteiger partial charge in [-0.05, 0) is 37.8 Å². The van der Waals surface area contributed by atoms with Gasteiger partial charge in [-0.25, -0.2) is 15.0 Å². The molecule has 7 nitrogen and oxygen atoms in total. The average molecular weight is 470 g/mol. The molecule has 1 unspecified atom stereocenters. The number of amides is 1. The van der Waals surface area contributed by atoms with Crippen LogP contribution in [0.5, 0.6) is 0 Å². The molecule has 2 atom stereocenters. The van der Waals surface area contributed by atoms with Gasteiger partial charge in [0.25, 0.3) is 5.91 Å². The van der Waals surface area contributed by atoms with E-state index in [1.54, 1.807) is 17.3 Å². The number of nitrogens with one attached hydrogen (secondary N) is 1. The van der Waals surface area contributed by atoms with E-state index in [0.717, 1.165) is 36.5 Å². The summed E-state index contributed by atoms with van der Waals surface area (Å²) < 4.78 is 38.3. The van der Waals surface area contributed by atoms with Crippen LogP contribution in [0.3, 0.4) is 0 Å². The van der Waals surface area contributed by atoms with Gasteiger partial charge in [-0.2, -0.15) is 13.2 Å². The van der Waals surface area contributed by atoms with Gasteiger partial charge in [-0.15, -0.1) is 0 Å². The SMILES string of the molecule is Cc1ccc(-c2cccnc2)c(C(=O)N2CCC[C@@H](C)C2CNc2ncc(C(F)(F)F)cn2)n1. The molecule has 1 N–H and O–H groups in total. The summed E-state index contributed by atoms with van der Waals surface area (Å²) >= 11 is 0. The number of hydrogen-bond donors (Lipinski definition) is 1. The summed E-state index contributed by atoms with van der Waals surface area (Å²) in [5.41, 5.74) is 1.69. The van der Waals surface area contributed by atoms with Crippen molar-refractivity contribution < 1.29 is 18.0 Å². The summed E-state index contributed by atoms with van der Waals surface area (Å²) in [4.78, 5) is 31.8. The lowest BCUT2D eigenvalue weighted by Crippen LogP contribution is -2.51. The molecule has 3 aromatic heterocycles. The van der Waals surface area contributed by atoms with E-state index in [1.165, 1.54) is 0 Å². The van der Waals surface area contributed by atoms with Gasteiger partial charge in [0.05, 0.1) is 11.6 Å². The summed E-state index contributed by atoms with van der Waals surface area (Å²) in [5.74, 6) is 0.0726. The van der Waals surface area contributed by atoms with Gasteiger partial charge < -0.3 is 10.2 Å². The second-order valence-electron chi connectivity index (χ2n) is 8.45. The van der Waals surface area contributed by atoms with Crippen LogP contribution < -0.4 is 5.32 Å². The Morgan fingerprint density at radius 1 is 1.18 bits per heavy atom. The lowest BCUT2D eigenvalue weighted by molar-refractivity contribution is -0.138. The molecule has 3 aromatic rings. The molecule has 1 saturated heterocycles. The zero-order valence-corrected chi connectivity index (χ0v) is 18.9. The Morgan fingerprint density at radius 2 is 1.94 bits per heavy atom. The van der Waals surface area contributed by atoms with Crippen molar-refractivity contribution in [2.45, 2.75) is 38.9 Å². The van der Waals surface area contributed by atoms with Crippen molar-refractivity contribution in [3.63, 3.8) is 0 Å². The summed E-state index contributed by atoms with van der Waals surface area (Å²) in [5, 5.41) is 3.00. The number of rotatable bonds is 5. The number of piperidine rings is 1. The zero-order valence-electron chi connectivity index (χ0n) is 18.9. The number of alkyl halides is 3. The Kier molecular flexibility index (Phi) is 6.76. The molecule has 1 aliphatic heterocycles. The number of pyridine rings is 2. The predicted octanol–water partition coefficient (Wildman–Crippen LogP) is 4.61. The minimum Gasteiger partial charge on any atom is -0.352 e. The first kappa shape index (κ1) is 23.6. The Balaban J connectivity index is 1.57. The number of anilines is 1. The van der Waals surface area contributed by atoms with Crippen LogP contribution in [0.15, 0.2) is 49.1 Å². The third-order valence-electron chi connectivity index (χ3n) is 6.03. The number of likely N-dealkylation sites (tertiary alicyclic amines) is 1. The first-order chi connectivity index (χ1) is 16.2. The Morgan fingerprint density at radius 3 is 2.62 bits per heavy atom. The third kappa shape index (κ3) is 5.16. The highest BCUT2D eigenvalue weighted by Gasteiger charge is 2.34. The Hall–Kier alpha value is -3.56. The molecule has 0 aliphatic carbocycles. The van der Waals surface area contributed by atoms with Crippen LogP contribution in [0.2, 0.25) is 0 Å². The number of halogens is 3. The van der Waals surface area contributed by atoms with E-state index in [1.807, 2.05) is 31.2 Å². The van der Waals surface area contributed by atoms with E-state index in [2.05, 4.69) is 32.2 Å². The molecule has 1 fully saturated rings. The molecule has 0 bridgehead atoms. The van der Waals surface area contributed by atoms with E-state index < -0.39 is 11.7 Å². The number of hydrogen-bond acceptors (Lipinski definition) is 6. The smallest absolute Gasteiger partial charge is 0.352 e. The van der Waals surface area contributed by atoms with Gasteiger partial charge in [0.15, 0.2) is 0 Å². The minimum absolute atomic E-state index is 0.0860. The molecule has 0 saturated carbocycles. The van der Waals surface area contributed by atoms with Crippen molar-refractivity contribution in [2.24, 2.45) is 5.92 Å². The molecule has 10 heteroatoms. The van der Waals surface area contributed by atoms with Crippen molar-refractivity contribution in [1.29, 1.82) is 0 Å². The van der Waals surface area contributed by atoms with Crippen molar-refractivity contribution >= 4 is 11.9 Å². The highest BCUT2D eigenvalue weighted by molar-refractivity contribution is 5.99. The Labute approximate surface area is 195 Å². The zero-order chi connectivity index (χ0) is 24.3. The predicted molar refractivity (Wildman–Crippen MR) is 121 cm³/mol. The number of nitrogens with zero attached hydrogens (tertiary/aromatic N) is 5. The fraction of sp³-hybridized carbons (Fsp3) is 0.375. The maximum absolute atomic E-state index is 13.7. The molecular weight excluding hydrogens is 445 g/mol. The number of aromatic nitrogens is 4. The maximum atomic E-state index is 13.7. The molecule has 1 amide bonds. The van der Waals surface area contributed by atoms with Crippen LogP contribution in [0.4, 0.5) is 19.1 Å². The van der Waals surface area contributed by atoms with Crippen molar-refractivity contribution in [2.75, 3.05) is 18.4 Å². The monoisotopic (exact) mass is 470 g/mol. The molecule has 1 aliphatic rings. The van der Waals surface area contributed by atoms with Crippen molar-refractivity contribution in [3.8, 4) is 11.1 Å². The standard InChI is InChI=1S/C24H25F3N6O/c1-15-5-4-10-33(20(15)14-31-23-29-12-18(13-30-23)24(25,26)27)22(34)21-19(8-7-16(2)32-21)17-6-3-9-28-11-17/h3,6-9,11-13,15,20H,4-5,10,14H2,1-2H3,(H,29,30,31)/t15-,20?/m1/s1. The van der Waals surface area contributed by atoms with Gasteiger partial charge in [0, 0.05) is 54.7 Å². The van der Waals surface area contributed by atoms with Gasteiger partial charge >= 0.3 is 6.18 Å². The summed E-state index contributed by atoms with van der Waals surface area (Å²) in [6, 6.07) is 7.23. The average Bonchev–Trinajstić information content (AvgIpc) is 2.83. The van der Waals surface area contributed by atoms with Crippen LogP contribution in [0, 0.1) is 12.8 Å². The second-order valence-corrected chi connectivity index (χ2v) is 8.45. The van der Waals surface area contributed by atoms with Crippen LogP contribution >= 0.6 is 0 Å². The van der Waals surface area contributed by atoms with Crippen LogP contribution in [0.1, 0.15) is 41.5 Å². The highest BCUT2D eigenvalue weighted by atomic mass is 19.4. The summed E-state index contributed by atoms with van der Waals surface area (Å²) in [6.07, 6.45) is 2.16. The number of carbonyl (C=O) groups excluding carboxylic acids is 1. The van der Waals surface area contributed by atoms with Crippen LogP contribution in [-0.2, 0) is 6.18 Å². The second kappa shape index (κ2) is 9.74. The highest BCUT2D eigenvalue weighted by Crippen LogP contribution is 2.30. The lowest BCUT2D eigenvalue weighted by Gasteiger charge is -2.40. The first-order valence-electron chi connectivity index (χ1n) is 11.1. The summed E-state index contributed by atoms with van der Waals surface area (Å²) in [7, 11) is 0. The normalized spacial score (nSPS) is 18.6. The Bertz CT molecular complexity index is 1140. The third-order valence-corrected chi connectivity index (χ3v) is 6.03. The maximum Gasteiger partial charge on any atom is 0.419 e. The number of aryl methyl sites for hydroxylation is 1. The van der Waals surface area contributed by atoms with Crippen LogP contribution in [-0.4, -0.2) is 49.9 Å². The van der Waals surface area contributed by atoms with Crippen LogP contribution in [0.25, 0.3) is 11.1 Å². The van der Waals surface area contributed by atoms with E-state index in [9.17, 15) is 18.0 Å². The van der Waals surface area contributed by atoms with Crippen molar-refractivity contribution in [1.82, 2.24) is 24.8 Å². The summed E-state index contributed by atoms with van der Waals surface area (Å²) in [6.45, 7) is 4.77. The first-order valence-corrected chi connectivity index (χ1v) is 11.1. The van der Waals surface area contributed by atoms with Gasteiger partial charge in [0.1, 0.15) is 5.69 Å². The molecule has 0 aromatic carbocycles. The molecule has 0 spiro atoms. The molecule has 0 radical (unpaired) electrons. The molecular formula is C24H25F3N6O. The van der Waals surface area contributed by atoms with E-state index in [-0.39, 0.29) is 23.8 Å². The molecule has 4 rings (SSSR count). The molecule has 4 heterocycles. The molecule has 178 valence electrons. The fourth-order valence-electron chi connectivity index (χ4n) is 4.18. The number of carbonyl (C=O) groups is 1. The minimum atomic E-state index is -4.49. The van der Waals surface area contributed by atoms with Gasteiger partial charge in [0.2, 0.25) is 5.95 Å². The topological polar surface area (TPSA) is 83.9 Å². The van der Waals surface area contributed by atoms with Crippen molar-refractivity contribution in [3.05, 3.63) is 66.0 Å². The molecule has 34 heavy (non-hydrogen) atoms. The largest absolute Gasteiger partial charge is 0.419 e. The van der Waals surface area contributed by atoms with E-state index in [4.69, 9.17) is 0 Å². The van der Waals surface area contributed by atoms with E-state index in [0.29, 0.717) is 24.3 Å². The lowest BCUT2D eigenvalue weighted by atomic mass is 9.90.